The predicted molar refractivity (Wildman–Crippen MR) is 132 cm³/mol. The van der Waals surface area contributed by atoms with Gasteiger partial charge < -0.3 is 24.3 Å². The van der Waals surface area contributed by atoms with Crippen LogP contribution < -0.4 is 19.5 Å². The van der Waals surface area contributed by atoms with Crippen LogP contribution in [0.15, 0.2) is 42.5 Å². The third-order valence-electron chi connectivity index (χ3n) is 6.43. The molecule has 0 saturated carbocycles. The van der Waals surface area contributed by atoms with E-state index in [-0.39, 0.29) is 11.9 Å². The lowest BCUT2D eigenvalue weighted by Gasteiger charge is -2.50. The molecule has 2 aromatic rings. The Balaban J connectivity index is 1.82. The van der Waals surface area contributed by atoms with Gasteiger partial charge in [0.1, 0.15) is 17.5 Å². The average molecular weight is 468 g/mol. The van der Waals surface area contributed by atoms with Crippen LogP contribution in [0.3, 0.4) is 0 Å². The Kier molecular flexibility index (Phi) is 6.92. The largest absolute Gasteiger partial charge is 0.493 e. The molecule has 0 radical (unpaired) electrons. The van der Waals surface area contributed by atoms with Crippen molar-refractivity contribution in [1.29, 1.82) is 0 Å². The highest BCUT2D eigenvalue weighted by atomic mass is 16.5. The predicted octanol–water partition coefficient (Wildman–Crippen LogP) is 5.35. The first-order chi connectivity index (χ1) is 16.1. The summed E-state index contributed by atoms with van der Waals surface area (Å²) in [5.74, 6) is 1.48. The number of nitrogens with one attached hydrogen (secondary N) is 1. The monoisotopic (exact) mass is 467 g/mol. The summed E-state index contributed by atoms with van der Waals surface area (Å²) in [6.45, 7) is 11.6. The van der Waals surface area contributed by atoms with Gasteiger partial charge in [0.05, 0.1) is 24.7 Å². The minimum absolute atomic E-state index is 0.0000463. The van der Waals surface area contributed by atoms with Gasteiger partial charge in [0.2, 0.25) is 0 Å². The number of carbonyl (C=O) groups excluding carboxylic acids is 1. The molecule has 1 spiro atoms. The Hall–Kier alpha value is -2.57. The van der Waals surface area contributed by atoms with Crippen molar-refractivity contribution in [2.45, 2.75) is 70.9 Å². The Morgan fingerprint density at radius 1 is 1.09 bits per heavy atom. The maximum absolute atomic E-state index is 14.3. The van der Waals surface area contributed by atoms with Gasteiger partial charge in [0.25, 0.3) is 0 Å². The van der Waals surface area contributed by atoms with Crippen molar-refractivity contribution in [3.05, 3.63) is 53.6 Å². The molecule has 6 heteroatoms. The molecule has 1 fully saturated rings. The van der Waals surface area contributed by atoms with E-state index in [0.717, 1.165) is 37.2 Å². The molecule has 0 aliphatic carbocycles. The quantitative estimate of drug-likeness (QED) is 0.578. The molecule has 2 aromatic carbocycles. The van der Waals surface area contributed by atoms with E-state index in [0.29, 0.717) is 17.1 Å². The number of rotatable bonds is 6. The van der Waals surface area contributed by atoms with Gasteiger partial charge in [-0.15, -0.1) is 0 Å². The third-order valence-corrected chi connectivity index (χ3v) is 6.43. The lowest BCUT2D eigenvalue weighted by Crippen LogP contribution is -2.58. The van der Waals surface area contributed by atoms with E-state index in [4.69, 9.17) is 18.9 Å². The zero-order chi connectivity index (χ0) is 24.5. The van der Waals surface area contributed by atoms with Crippen molar-refractivity contribution < 1.29 is 23.7 Å². The number of ketones is 1. The maximum atomic E-state index is 14.3. The van der Waals surface area contributed by atoms with Crippen LogP contribution in [0, 0.1) is 5.92 Å². The number of piperidine rings is 1. The van der Waals surface area contributed by atoms with Crippen molar-refractivity contribution >= 4 is 5.78 Å². The van der Waals surface area contributed by atoms with Crippen LogP contribution in [0.25, 0.3) is 0 Å². The third kappa shape index (κ3) is 4.93. The number of hydrogen-bond donors (Lipinski definition) is 1. The van der Waals surface area contributed by atoms with Crippen LogP contribution in [0.2, 0.25) is 0 Å². The van der Waals surface area contributed by atoms with E-state index in [2.05, 4.69) is 5.32 Å². The molecule has 2 atom stereocenters. The SMILES string of the molecule is COc1cc(C(=O)C2C(OC(C)(C)C)c3ccccc3OC23CCNCC3)ccc1OC(C)C. The lowest BCUT2D eigenvalue weighted by atomic mass is 9.69. The van der Waals surface area contributed by atoms with Crippen LogP contribution in [-0.2, 0) is 4.74 Å². The van der Waals surface area contributed by atoms with E-state index in [9.17, 15) is 4.79 Å². The Bertz CT molecular complexity index is 1020. The minimum Gasteiger partial charge on any atom is -0.493 e. The molecular weight excluding hydrogens is 430 g/mol. The standard InChI is InChI=1S/C28H37NO5/c1-18(2)32-22-12-11-19(17-23(22)31-6)25(30)24-26(34-27(3,4)5)20-9-7-8-10-21(20)33-28(24)13-15-29-16-14-28/h7-12,17-18,24,26,29H,13-16H2,1-6H3. The number of Topliss-reactive ketones (excluding diaryl/α,β-unsaturated/α-hetero) is 1. The van der Waals surface area contributed by atoms with Gasteiger partial charge in [-0.05, 0) is 72.0 Å². The fraction of sp³-hybridized carbons (Fsp3) is 0.536. The first kappa shape index (κ1) is 24.6. The van der Waals surface area contributed by atoms with Gasteiger partial charge in [0, 0.05) is 24.0 Å². The van der Waals surface area contributed by atoms with Gasteiger partial charge in [-0.2, -0.15) is 0 Å². The van der Waals surface area contributed by atoms with E-state index in [1.54, 1.807) is 13.2 Å². The maximum Gasteiger partial charge on any atom is 0.173 e. The zero-order valence-corrected chi connectivity index (χ0v) is 21.1. The topological polar surface area (TPSA) is 66.0 Å². The number of hydrogen-bond acceptors (Lipinski definition) is 6. The molecule has 184 valence electrons. The number of fused-ring (bicyclic) bond motifs is 1. The van der Waals surface area contributed by atoms with E-state index >= 15 is 0 Å². The average Bonchev–Trinajstić information content (AvgIpc) is 2.78. The van der Waals surface area contributed by atoms with Crippen molar-refractivity contribution in [1.82, 2.24) is 5.32 Å². The molecule has 2 aliphatic rings. The number of para-hydroxylation sites is 1. The van der Waals surface area contributed by atoms with Gasteiger partial charge in [0.15, 0.2) is 17.3 Å². The second kappa shape index (κ2) is 9.59. The number of carbonyl (C=O) groups is 1. The molecule has 0 bridgehead atoms. The number of methoxy groups -OCH3 is 1. The van der Waals surface area contributed by atoms with Crippen molar-refractivity contribution in [2.24, 2.45) is 5.92 Å². The molecule has 6 nitrogen and oxygen atoms in total. The van der Waals surface area contributed by atoms with E-state index in [1.807, 2.05) is 71.0 Å². The molecule has 1 saturated heterocycles. The summed E-state index contributed by atoms with van der Waals surface area (Å²) in [5, 5.41) is 3.42. The smallest absolute Gasteiger partial charge is 0.173 e. The van der Waals surface area contributed by atoms with Crippen LogP contribution in [-0.4, -0.2) is 43.3 Å². The first-order valence-electron chi connectivity index (χ1n) is 12.2. The highest BCUT2D eigenvalue weighted by Crippen LogP contribution is 2.51. The summed E-state index contributed by atoms with van der Waals surface area (Å²) in [5.41, 5.74) is 0.412. The second-order valence-corrected chi connectivity index (χ2v) is 10.5. The molecule has 34 heavy (non-hydrogen) atoms. The first-order valence-corrected chi connectivity index (χ1v) is 12.2. The molecule has 2 unspecified atom stereocenters. The highest BCUT2D eigenvalue weighted by Gasteiger charge is 2.55. The Morgan fingerprint density at radius 2 is 1.79 bits per heavy atom. The Labute approximate surface area is 202 Å². The van der Waals surface area contributed by atoms with Crippen LogP contribution in [0.1, 0.15) is 69.5 Å². The fourth-order valence-electron chi connectivity index (χ4n) is 5.05. The fourth-order valence-corrected chi connectivity index (χ4v) is 5.05. The summed E-state index contributed by atoms with van der Waals surface area (Å²) in [7, 11) is 1.59. The molecule has 2 aliphatic heterocycles. The van der Waals surface area contributed by atoms with Crippen LogP contribution >= 0.6 is 0 Å². The van der Waals surface area contributed by atoms with Gasteiger partial charge in [-0.3, -0.25) is 4.79 Å². The van der Waals surface area contributed by atoms with Crippen LogP contribution in [0.5, 0.6) is 17.2 Å². The summed E-state index contributed by atoms with van der Waals surface area (Å²) in [4.78, 5) is 14.3. The Morgan fingerprint density at radius 3 is 2.44 bits per heavy atom. The number of ether oxygens (including phenoxy) is 4. The summed E-state index contributed by atoms with van der Waals surface area (Å²) >= 11 is 0. The minimum atomic E-state index is -0.646. The van der Waals surface area contributed by atoms with Crippen molar-refractivity contribution in [3.63, 3.8) is 0 Å². The van der Waals surface area contributed by atoms with Gasteiger partial charge >= 0.3 is 0 Å². The molecule has 0 aromatic heterocycles. The molecule has 2 heterocycles. The summed E-state index contributed by atoms with van der Waals surface area (Å²) in [6.07, 6.45) is 1.04. The summed E-state index contributed by atoms with van der Waals surface area (Å²) < 4.78 is 24.8. The van der Waals surface area contributed by atoms with Crippen LogP contribution in [0.4, 0.5) is 0 Å². The van der Waals surface area contributed by atoms with Gasteiger partial charge in [-0.1, -0.05) is 18.2 Å². The molecule has 1 N–H and O–H groups in total. The zero-order valence-electron chi connectivity index (χ0n) is 21.1. The van der Waals surface area contributed by atoms with Gasteiger partial charge in [-0.25, -0.2) is 0 Å². The normalized spacial score (nSPS) is 21.6. The van der Waals surface area contributed by atoms with Crippen molar-refractivity contribution in [3.8, 4) is 17.2 Å². The summed E-state index contributed by atoms with van der Waals surface area (Å²) in [6, 6.07) is 13.4. The van der Waals surface area contributed by atoms with E-state index < -0.39 is 23.2 Å². The highest BCUT2D eigenvalue weighted by molar-refractivity contribution is 6.00. The number of benzene rings is 2. The molecule has 0 amide bonds. The second-order valence-electron chi connectivity index (χ2n) is 10.5. The van der Waals surface area contributed by atoms with Crippen molar-refractivity contribution in [2.75, 3.05) is 20.2 Å². The van der Waals surface area contributed by atoms with E-state index in [1.165, 1.54) is 0 Å². The molecule has 4 rings (SSSR count). The lowest BCUT2D eigenvalue weighted by molar-refractivity contribution is -0.142. The molecular formula is C28H37NO5.